The van der Waals surface area contributed by atoms with Crippen LogP contribution in [0.3, 0.4) is 0 Å². The van der Waals surface area contributed by atoms with E-state index in [4.69, 9.17) is 9.47 Å². The molecule has 1 aromatic rings. The molecular formula is C15H18BrNO3. The molecule has 0 spiro atoms. The van der Waals surface area contributed by atoms with Gasteiger partial charge in [-0.1, -0.05) is 6.07 Å². The van der Waals surface area contributed by atoms with Crippen molar-refractivity contribution in [3.63, 3.8) is 0 Å². The van der Waals surface area contributed by atoms with Crippen LogP contribution in [0.5, 0.6) is 5.75 Å². The Kier molecular flexibility index (Phi) is 5.06. The molecule has 0 bridgehead atoms. The number of carbonyl (C=O) groups is 1. The Balaban J connectivity index is 2.34. The Hall–Kier alpha value is -1.49. The van der Waals surface area contributed by atoms with Crippen LogP contribution in [-0.2, 0) is 9.53 Å². The number of esters is 1. The second-order valence-corrected chi connectivity index (χ2v) is 5.29. The number of hydrogen-bond donors (Lipinski definition) is 0. The molecule has 1 fully saturated rings. The molecule has 1 saturated heterocycles. The van der Waals surface area contributed by atoms with Gasteiger partial charge in [0.15, 0.2) is 0 Å². The molecule has 0 N–H and O–H groups in total. The van der Waals surface area contributed by atoms with Crippen molar-refractivity contribution in [2.45, 2.75) is 19.8 Å². The first-order chi connectivity index (χ1) is 9.67. The molecule has 4 nitrogen and oxygen atoms in total. The van der Waals surface area contributed by atoms with Crippen LogP contribution in [0.25, 0.3) is 0 Å². The second kappa shape index (κ2) is 6.79. The topological polar surface area (TPSA) is 38.8 Å². The van der Waals surface area contributed by atoms with Crippen LogP contribution in [0, 0.1) is 0 Å². The highest BCUT2D eigenvalue weighted by Gasteiger charge is 2.24. The third-order valence-electron chi connectivity index (χ3n) is 3.17. The fourth-order valence-electron chi connectivity index (χ4n) is 2.34. The van der Waals surface area contributed by atoms with Crippen LogP contribution in [0.4, 0.5) is 5.69 Å². The van der Waals surface area contributed by atoms with E-state index < -0.39 is 0 Å². The molecule has 5 heteroatoms. The van der Waals surface area contributed by atoms with Crippen molar-refractivity contribution in [2.75, 3.05) is 25.2 Å². The van der Waals surface area contributed by atoms with Crippen molar-refractivity contribution >= 4 is 27.6 Å². The Bertz CT molecular complexity index is 528. The lowest BCUT2D eigenvalue weighted by molar-refractivity contribution is -0.137. The smallest absolute Gasteiger partial charge is 0.332 e. The standard InChI is InChI=1S/C15H18BrNO3/c1-3-20-14(18)10-11-6-5-9-17(11)15-12(16)7-4-8-13(15)19-2/h4,7-8,10H,3,5-6,9H2,1-2H3/b11-10+. The van der Waals surface area contributed by atoms with Crippen molar-refractivity contribution in [2.24, 2.45) is 0 Å². The van der Waals surface area contributed by atoms with E-state index in [0.29, 0.717) is 6.61 Å². The Morgan fingerprint density at radius 2 is 2.30 bits per heavy atom. The van der Waals surface area contributed by atoms with Gasteiger partial charge in [-0.05, 0) is 47.8 Å². The first-order valence-electron chi connectivity index (χ1n) is 6.64. The number of halogens is 1. The summed E-state index contributed by atoms with van der Waals surface area (Å²) < 4.78 is 11.4. The number of ether oxygens (including phenoxy) is 2. The maximum absolute atomic E-state index is 11.6. The number of methoxy groups -OCH3 is 1. The number of carbonyl (C=O) groups excluding carboxylic acids is 1. The lowest BCUT2D eigenvalue weighted by atomic mass is 10.2. The average molecular weight is 340 g/mol. The number of allylic oxidation sites excluding steroid dienone is 1. The van der Waals surface area contributed by atoms with Gasteiger partial charge in [-0.2, -0.15) is 0 Å². The van der Waals surface area contributed by atoms with Gasteiger partial charge in [0.2, 0.25) is 0 Å². The van der Waals surface area contributed by atoms with Crippen molar-refractivity contribution in [3.05, 3.63) is 34.4 Å². The molecule has 108 valence electrons. The monoisotopic (exact) mass is 339 g/mol. The first-order valence-corrected chi connectivity index (χ1v) is 7.44. The fraction of sp³-hybridized carbons (Fsp3) is 0.400. The number of para-hydroxylation sites is 1. The molecule has 0 aliphatic carbocycles. The molecule has 0 aromatic heterocycles. The summed E-state index contributed by atoms with van der Waals surface area (Å²) in [5, 5.41) is 0. The Labute approximate surface area is 127 Å². The van der Waals surface area contributed by atoms with Gasteiger partial charge in [-0.3, -0.25) is 0 Å². The van der Waals surface area contributed by atoms with Crippen molar-refractivity contribution in [3.8, 4) is 5.75 Å². The molecule has 1 heterocycles. The summed E-state index contributed by atoms with van der Waals surface area (Å²) in [6.07, 6.45) is 3.45. The molecule has 0 atom stereocenters. The maximum atomic E-state index is 11.6. The first kappa shape index (κ1) is 14.9. The zero-order valence-electron chi connectivity index (χ0n) is 11.7. The highest BCUT2D eigenvalue weighted by atomic mass is 79.9. The molecule has 1 aromatic carbocycles. The summed E-state index contributed by atoms with van der Waals surface area (Å²) in [5.41, 5.74) is 1.93. The van der Waals surface area contributed by atoms with Crippen molar-refractivity contribution in [1.82, 2.24) is 0 Å². The van der Waals surface area contributed by atoms with Gasteiger partial charge in [0, 0.05) is 22.8 Å². The van der Waals surface area contributed by atoms with Gasteiger partial charge in [0.05, 0.1) is 19.4 Å². The number of anilines is 1. The van der Waals surface area contributed by atoms with E-state index in [1.165, 1.54) is 0 Å². The summed E-state index contributed by atoms with van der Waals surface area (Å²) in [5.74, 6) is 0.497. The molecule has 1 aliphatic heterocycles. The van der Waals surface area contributed by atoms with E-state index in [1.54, 1.807) is 20.1 Å². The van der Waals surface area contributed by atoms with E-state index in [-0.39, 0.29) is 5.97 Å². The average Bonchev–Trinajstić information content (AvgIpc) is 2.86. The minimum Gasteiger partial charge on any atom is -0.495 e. The van der Waals surface area contributed by atoms with E-state index in [2.05, 4.69) is 20.8 Å². The Morgan fingerprint density at radius 1 is 1.50 bits per heavy atom. The van der Waals surface area contributed by atoms with Crippen LogP contribution in [-0.4, -0.2) is 26.2 Å². The van der Waals surface area contributed by atoms with E-state index in [0.717, 1.165) is 41.0 Å². The molecule has 2 rings (SSSR count). The van der Waals surface area contributed by atoms with Crippen LogP contribution in [0.1, 0.15) is 19.8 Å². The second-order valence-electron chi connectivity index (χ2n) is 4.43. The summed E-state index contributed by atoms with van der Waals surface area (Å²) in [6, 6.07) is 5.82. The summed E-state index contributed by atoms with van der Waals surface area (Å²) in [4.78, 5) is 13.8. The van der Waals surface area contributed by atoms with Gasteiger partial charge in [-0.15, -0.1) is 0 Å². The Morgan fingerprint density at radius 3 is 3.00 bits per heavy atom. The summed E-state index contributed by atoms with van der Waals surface area (Å²) in [6.45, 7) is 3.06. The van der Waals surface area contributed by atoms with Gasteiger partial charge < -0.3 is 14.4 Å². The normalized spacial score (nSPS) is 16.6. The largest absolute Gasteiger partial charge is 0.495 e. The molecular weight excluding hydrogens is 322 g/mol. The zero-order chi connectivity index (χ0) is 14.5. The number of rotatable bonds is 4. The number of benzene rings is 1. The van der Waals surface area contributed by atoms with Gasteiger partial charge in [0.1, 0.15) is 5.75 Å². The van der Waals surface area contributed by atoms with E-state index in [9.17, 15) is 4.79 Å². The summed E-state index contributed by atoms with van der Waals surface area (Å²) in [7, 11) is 1.65. The molecule has 1 aliphatic rings. The SMILES string of the molecule is CCOC(=O)/C=C1\CCCN1c1c(Br)cccc1OC. The zero-order valence-corrected chi connectivity index (χ0v) is 13.3. The van der Waals surface area contributed by atoms with Crippen LogP contribution in [0.2, 0.25) is 0 Å². The number of nitrogens with zero attached hydrogens (tertiary/aromatic N) is 1. The van der Waals surface area contributed by atoms with E-state index in [1.807, 2.05) is 18.2 Å². The fourth-order valence-corrected chi connectivity index (χ4v) is 2.91. The maximum Gasteiger partial charge on any atom is 0.332 e. The van der Waals surface area contributed by atoms with E-state index >= 15 is 0 Å². The minimum absolute atomic E-state index is 0.291. The highest BCUT2D eigenvalue weighted by Crippen LogP contribution is 2.40. The lowest BCUT2D eigenvalue weighted by Gasteiger charge is -2.23. The third kappa shape index (κ3) is 3.15. The predicted octanol–water partition coefficient (Wildman–Crippen LogP) is 3.50. The molecule has 0 radical (unpaired) electrons. The third-order valence-corrected chi connectivity index (χ3v) is 3.81. The van der Waals surface area contributed by atoms with Gasteiger partial charge in [-0.25, -0.2) is 4.79 Å². The number of hydrogen-bond acceptors (Lipinski definition) is 4. The highest BCUT2D eigenvalue weighted by molar-refractivity contribution is 9.10. The van der Waals surface area contributed by atoms with Crippen LogP contribution < -0.4 is 9.64 Å². The molecule has 0 saturated carbocycles. The minimum atomic E-state index is -0.291. The van der Waals surface area contributed by atoms with Crippen LogP contribution in [0.15, 0.2) is 34.4 Å². The molecule has 0 unspecified atom stereocenters. The van der Waals surface area contributed by atoms with Gasteiger partial charge >= 0.3 is 5.97 Å². The predicted molar refractivity (Wildman–Crippen MR) is 82.0 cm³/mol. The molecule has 20 heavy (non-hydrogen) atoms. The van der Waals surface area contributed by atoms with Crippen LogP contribution >= 0.6 is 15.9 Å². The van der Waals surface area contributed by atoms with Crippen molar-refractivity contribution in [1.29, 1.82) is 0 Å². The molecule has 0 amide bonds. The van der Waals surface area contributed by atoms with Crippen molar-refractivity contribution < 1.29 is 14.3 Å². The lowest BCUT2D eigenvalue weighted by Crippen LogP contribution is -2.19. The van der Waals surface area contributed by atoms with Gasteiger partial charge in [0.25, 0.3) is 0 Å². The quantitative estimate of drug-likeness (QED) is 0.621. The summed E-state index contributed by atoms with van der Waals surface area (Å²) >= 11 is 3.56.